The summed E-state index contributed by atoms with van der Waals surface area (Å²) in [6.45, 7) is 4.41. The Morgan fingerprint density at radius 3 is 2.95 bits per heavy atom. The molecule has 1 amide bonds. The molecule has 21 heavy (non-hydrogen) atoms. The van der Waals surface area contributed by atoms with E-state index in [-0.39, 0.29) is 11.9 Å². The summed E-state index contributed by atoms with van der Waals surface area (Å²) in [5.41, 5.74) is 0.674. The monoisotopic (exact) mass is 306 g/mol. The minimum atomic E-state index is -0.113. The van der Waals surface area contributed by atoms with Gasteiger partial charge in [0.15, 0.2) is 0 Å². The van der Waals surface area contributed by atoms with E-state index in [0.717, 1.165) is 30.4 Å². The predicted molar refractivity (Wildman–Crippen MR) is 79.2 cm³/mol. The molecule has 3 heterocycles. The van der Waals surface area contributed by atoms with Crippen molar-refractivity contribution in [2.75, 3.05) is 19.6 Å². The number of amides is 1. The van der Waals surface area contributed by atoms with Crippen molar-refractivity contribution in [3.63, 3.8) is 0 Å². The van der Waals surface area contributed by atoms with Gasteiger partial charge in [-0.2, -0.15) is 0 Å². The maximum atomic E-state index is 12.2. The SMILES string of the molecule is Cc1nnsc1C(=O)NCC(c1ccco1)N1CCCC1. The number of carbonyl (C=O) groups is 1. The van der Waals surface area contributed by atoms with Gasteiger partial charge in [0.2, 0.25) is 0 Å². The first kappa shape index (κ1) is 14.2. The van der Waals surface area contributed by atoms with Gasteiger partial charge in [0, 0.05) is 6.54 Å². The first-order valence-corrected chi connectivity index (χ1v) is 7.87. The number of furan rings is 1. The molecule has 2 aromatic heterocycles. The molecule has 0 aromatic carbocycles. The van der Waals surface area contributed by atoms with Crippen LogP contribution in [-0.4, -0.2) is 40.0 Å². The highest BCUT2D eigenvalue weighted by Gasteiger charge is 2.26. The van der Waals surface area contributed by atoms with Gasteiger partial charge in [-0.3, -0.25) is 9.69 Å². The van der Waals surface area contributed by atoms with Crippen LogP contribution in [0.4, 0.5) is 0 Å². The number of aromatic nitrogens is 2. The van der Waals surface area contributed by atoms with Crippen molar-refractivity contribution in [2.45, 2.75) is 25.8 Å². The summed E-state index contributed by atoms with van der Waals surface area (Å²) in [5.74, 6) is 0.787. The molecule has 1 atom stereocenters. The lowest BCUT2D eigenvalue weighted by molar-refractivity contribution is 0.0937. The van der Waals surface area contributed by atoms with E-state index in [1.807, 2.05) is 12.1 Å². The fraction of sp³-hybridized carbons (Fsp3) is 0.500. The Morgan fingerprint density at radius 1 is 1.52 bits per heavy atom. The Hall–Kier alpha value is -1.73. The second-order valence-corrected chi connectivity index (χ2v) is 5.93. The molecular weight excluding hydrogens is 288 g/mol. The Labute approximate surface area is 127 Å². The fourth-order valence-corrected chi connectivity index (χ4v) is 3.23. The molecule has 2 aromatic rings. The highest BCUT2D eigenvalue weighted by atomic mass is 32.1. The fourth-order valence-electron chi connectivity index (χ4n) is 2.65. The smallest absolute Gasteiger partial charge is 0.265 e. The Bertz CT molecular complexity index is 590. The summed E-state index contributed by atoms with van der Waals surface area (Å²) in [4.78, 5) is 15.1. The maximum Gasteiger partial charge on any atom is 0.265 e. The molecule has 1 unspecified atom stereocenters. The lowest BCUT2D eigenvalue weighted by atomic mass is 10.2. The molecule has 1 fully saturated rings. The summed E-state index contributed by atoms with van der Waals surface area (Å²) < 4.78 is 9.34. The van der Waals surface area contributed by atoms with E-state index >= 15 is 0 Å². The van der Waals surface area contributed by atoms with Gasteiger partial charge in [0.25, 0.3) is 5.91 Å². The van der Waals surface area contributed by atoms with E-state index in [0.29, 0.717) is 17.1 Å². The molecule has 1 aliphatic heterocycles. The summed E-state index contributed by atoms with van der Waals surface area (Å²) in [6, 6.07) is 3.94. The standard InChI is InChI=1S/C14H18N4O2S/c1-10-13(21-17-16-10)14(19)15-9-11(12-5-4-8-20-12)18-6-2-3-7-18/h4-5,8,11H,2-3,6-7,9H2,1H3,(H,15,19). The second-order valence-electron chi connectivity index (χ2n) is 5.17. The number of aryl methyl sites for hydroxylation is 1. The molecule has 7 heteroatoms. The molecule has 0 radical (unpaired) electrons. The van der Waals surface area contributed by atoms with Crippen molar-refractivity contribution >= 4 is 17.4 Å². The molecule has 0 bridgehead atoms. The zero-order valence-electron chi connectivity index (χ0n) is 11.9. The molecule has 6 nitrogen and oxygen atoms in total. The first-order valence-electron chi connectivity index (χ1n) is 7.10. The van der Waals surface area contributed by atoms with Crippen LogP contribution in [0.2, 0.25) is 0 Å². The Balaban J connectivity index is 1.67. The van der Waals surface area contributed by atoms with Crippen molar-refractivity contribution in [3.8, 4) is 0 Å². The number of rotatable bonds is 5. The Morgan fingerprint density at radius 2 is 2.33 bits per heavy atom. The molecule has 0 spiro atoms. The van der Waals surface area contributed by atoms with Crippen LogP contribution in [0.15, 0.2) is 22.8 Å². The number of likely N-dealkylation sites (tertiary alicyclic amines) is 1. The van der Waals surface area contributed by atoms with Crippen LogP contribution >= 0.6 is 11.5 Å². The van der Waals surface area contributed by atoms with E-state index in [4.69, 9.17) is 4.42 Å². The van der Waals surface area contributed by atoms with Crippen LogP contribution < -0.4 is 5.32 Å². The minimum Gasteiger partial charge on any atom is -0.468 e. The van der Waals surface area contributed by atoms with Crippen molar-refractivity contribution in [1.82, 2.24) is 19.8 Å². The highest BCUT2D eigenvalue weighted by molar-refractivity contribution is 7.07. The first-order chi connectivity index (χ1) is 10.3. The number of hydrogen-bond acceptors (Lipinski definition) is 6. The highest BCUT2D eigenvalue weighted by Crippen LogP contribution is 2.25. The van der Waals surface area contributed by atoms with Crippen LogP contribution in [0.5, 0.6) is 0 Å². The summed E-state index contributed by atoms with van der Waals surface area (Å²) in [6.07, 6.45) is 4.07. The lowest BCUT2D eigenvalue weighted by Gasteiger charge is -2.25. The normalized spacial score (nSPS) is 17.0. The van der Waals surface area contributed by atoms with Crippen molar-refractivity contribution in [1.29, 1.82) is 0 Å². The van der Waals surface area contributed by atoms with Crippen LogP contribution in [0.25, 0.3) is 0 Å². The van der Waals surface area contributed by atoms with Gasteiger partial charge in [0.1, 0.15) is 10.6 Å². The van der Waals surface area contributed by atoms with Crippen LogP contribution in [0.3, 0.4) is 0 Å². The molecule has 112 valence electrons. The summed E-state index contributed by atoms with van der Waals surface area (Å²) in [5, 5.41) is 6.85. The maximum absolute atomic E-state index is 12.2. The number of nitrogens with one attached hydrogen (secondary N) is 1. The van der Waals surface area contributed by atoms with Crippen LogP contribution in [0.1, 0.15) is 40.0 Å². The van der Waals surface area contributed by atoms with Gasteiger partial charge < -0.3 is 9.73 Å². The van der Waals surface area contributed by atoms with Gasteiger partial charge in [-0.1, -0.05) is 4.49 Å². The van der Waals surface area contributed by atoms with Gasteiger partial charge in [0.05, 0.1) is 18.0 Å². The van der Waals surface area contributed by atoms with E-state index in [1.165, 1.54) is 12.8 Å². The minimum absolute atomic E-state index is 0.0904. The topological polar surface area (TPSA) is 71.3 Å². The van der Waals surface area contributed by atoms with Crippen molar-refractivity contribution in [2.24, 2.45) is 0 Å². The number of hydrogen-bond donors (Lipinski definition) is 1. The molecule has 0 aliphatic carbocycles. The van der Waals surface area contributed by atoms with Gasteiger partial charge >= 0.3 is 0 Å². The predicted octanol–water partition coefficient (Wildman–Crippen LogP) is 2.01. The molecule has 3 rings (SSSR count). The van der Waals surface area contributed by atoms with E-state index in [1.54, 1.807) is 13.2 Å². The van der Waals surface area contributed by atoms with Crippen LogP contribution in [-0.2, 0) is 0 Å². The second kappa shape index (κ2) is 6.36. The zero-order valence-corrected chi connectivity index (χ0v) is 12.7. The third-order valence-corrected chi connectivity index (χ3v) is 4.59. The van der Waals surface area contributed by atoms with Gasteiger partial charge in [-0.05, 0) is 56.5 Å². The molecular formula is C14H18N4O2S. The van der Waals surface area contributed by atoms with Gasteiger partial charge in [-0.15, -0.1) is 5.10 Å². The van der Waals surface area contributed by atoms with E-state index < -0.39 is 0 Å². The lowest BCUT2D eigenvalue weighted by Crippen LogP contribution is -2.36. The largest absolute Gasteiger partial charge is 0.468 e. The van der Waals surface area contributed by atoms with Crippen molar-refractivity contribution < 1.29 is 9.21 Å². The third-order valence-electron chi connectivity index (χ3n) is 3.77. The summed E-state index contributed by atoms with van der Waals surface area (Å²) in [7, 11) is 0. The molecule has 1 saturated heterocycles. The quantitative estimate of drug-likeness (QED) is 0.915. The van der Waals surface area contributed by atoms with Gasteiger partial charge in [-0.25, -0.2) is 0 Å². The van der Waals surface area contributed by atoms with E-state index in [2.05, 4.69) is 19.8 Å². The average molecular weight is 306 g/mol. The number of carbonyl (C=O) groups excluding carboxylic acids is 1. The summed E-state index contributed by atoms with van der Waals surface area (Å²) >= 11 is 1.13. The van der Waals surface area contributed by atoms with E-state index in [9.17, 15) is 4.79 Å². The zero-order chi connectivity index (χ0) is 14.7. The number of nitrogens with zero attached hydrogens (tertiary/aromatic N) is 3. The van der Waals surface area contributed by atoms with Crippen LogP contribution in [0, 0.1) is 6.92 Å². The molecule has 0 saturated carbocycles. The third kappa shape index (κ3) is 3.14. The molecule has 1 aliphatic rings. The average Bonchev–Trinajstić information content (AvgIpc) is 3.21. The molecule has 1 N–H and O–H groups in total. The van der Waals surface area contributed by atoms with Crippen molar-refractivity contribution in [3.05, 3.63) is 34.7 Å². The Kier molecular flexibility index (Phi) is 4.31.